The van der Waals surface area contributed by atoms with E-state index in [2.05, 4.69) is 5.32 Å². The minimum atomic E-state index is -0.357. The van der Waals surface area contributed by atoms with Crippen molar-refractivity contribution < 1.29 is 9.66 Å². The Kier molecular flexibility index (Phi) is 4.67. The van der Waals surface area contributed by atoms with E-state index in [4.69, 9.17) is 4.74 Å². The molecule has 0 radical (unpaired) electrons. The monoisotopic (exact) mass is 252 g/mol. The van der Waals surface area contributed by atoms with E-state index in [9.17, 15) is 10.1 Å². The lowest BCUT2D eigenvalue weighted by Crippen LogP contribution is -2.30. The molecule has 0 saturated heterocycles. The fourth-order valence-corrected chi connectivity index (χ4v) is 1.76. The number of anilines is 1. The molecule has 0 aliphatic carbocycles. The van der Waals surface area contributed by atoms with Gasteiger partial charge in [-0.05, 0) is 39.3 Å². The van der Waals surface area contributed by atoms with Gasteiger partial charge in [0.05, 0.1) is 11.0 Å². The fourth-order valence-electron chi connectivity index (χ4n) is 1.76. The maximum Gasteiger partial charge on any atom is 0.274 e. The molecule has 18 heavy (non-hydrogen) atoms. The van der Waals surface area contributed by atoms with E-state index < -0.39 is 0 Å². The van der Waals surface area contributed by atoms with Crippen LogP contribution in [0.4, 0.5) is 11.4 Å². The van der Waals surface area contributed by atoms with Crippen molar-refractivity contribution in [1.82, 2.24) is 0 Å². The van der Waals surface area contributed by atoms with Crippen LogP contribution in [0.25, 0.3) is 0 Å². The van der Waals surface area contributed by atoms with Crippen molar-refractivity contribution in [2.75, 3.05) is 12.4 Å². The minimum Gasteiger partial charge on any atom is -0.380 e. The highest BCUT2D eigenvalue weighted by Gasteiger charge is 2.16. The first-order valence-electron chi connectivity index (χ1n) is 5.91. The predicted octanol–water partition coefficient (Wildman–Crippen LogP) is 3.05. The van der Waals surface area contributed by atoms with Crippen LogP contribution in [0, 0.1) is 24.0 Å². The van der Waals surface area contributed by atoms with Gasteiger partial charge in [-0.1, -0.05) is 0 Å². The van der Waals surface area contributed by atoms with Gasteiger partial charge in [-0.15, -0.1) is 0 Å². The molecule has 1 rings (SSSR count). The summed E-state index contributed by atoms with van der Waals surface area (Å²) < 4.78 is 5.23. The molecule has 1 aromatic carbocycles. The van der Waals surface area contributed by atoms with Gasteiger partial charge in [-0.3, -0.25) is 10.1 Å². The van der Waals surface area contributed by atoms with Gasteiger partial charge in [-0.2, -0.15) is 0 Å². The zero-order chi connectivity index (χ0) is 13.9. The number of nitrogens with one attached hydrogen (secondary N) is 1. The molecule has 0 amide bonds. The molecular formula is C13H20N2O3. The van der Waals surface area contributed by atoms with Crippen molar-refractivity contribution in [3.8, 4) is 0 Å². The molecule has 0 saturated carbocycles. The molecule has 1 N–H and O–H groups in total. The quantitative estimate of drug-likeness (QED) is 0.646. The summed E-state index contributed by atoms with van der Waals surface area (Å²) in [4.78, 5) is 10.6. The van der Waals surface area contributed by atoms with Gasteiger partial charge < -0.3 is 10.1 Å². The molecular weight excluding hydrogens is 232 g/mol. The lowest BCUT2D eigenvalue weighted by molar-refractivity contribution is -0.385. The number of ether oxygens (including phenoxy) is 1. The summed E-state index contributed by atoms with van der Waals surface area (Å²) in [6, 6.07) is 3.49. The number of hydrogen-bond donors (Lipinski definition) is 1. The average molecular weight is 252 g/mol. The molecule has 5 heteroatoms. The third-order valence-corrected chi connectivity index (χ3v) is 3.20. The second-order valence-corrected chi connectivity index (χ2v) is 4.58. The van der Waals surface area contributed by atoms with Gasteiger partial charge in [-0.25, -0.2) is 0 Å². The topological polar surface area (TPSA) is 64.4 Å². The summed E-state index contributed by atoms with van der Waals surface area (Å²) in [5, 5.41) is 14.2. The standard InChI is InChI=1S/C13H20N2O3/c1-8-6-9(2)13(15(16)17)7-12(8)14-10(3)11(4)18-5/h6-7,10-11,14H,1-5H3. The van der Waals surface area contributed by atoms with Gasteiger partial charge in [0.25, 0.3) is 5.69 Å². The molecule has 5 nitrogen and oxygen atoms in total. The highest BCUT2D eigenvalue weighted by molar-refractivity contribution is 5.60. The summed E-state index contributed by atoms with van der Waals surface area (Å²) in [5.41, 5.74) is 2.59. The Labute approximate surface area is 107 Å². The average Bonchev–Trinajstić information content (AvgIpc) is 2.30. The van der Waals surface area contributed by atoms with Crippen LogP contribution in [0.3, 0.4) is 0 Å². The second-order valence-electron chi connectivity index (χ2n) is 4.58. The van der Waals surface area contributed by atoms with Gasteiger partial charge in [0.2, 0.25) is 0 Å². The molecule has 100 valence electrons. The van der Waals surface area contributed by atoms with E-state index in [1.54, 1.807) is 20.1 Å². The Morgan fingerprint density at radius 3 is 2.39 bits per heavy atom. The van der Waals surface area contributed by atoms with Crippen LogP contribution in [-0.2, 0) is 4.74 Å². The summed E-state index contributed by atoms with van der Waals surface area (Å²) in [6.07, 6.45) is 0.0322. The third kappa shape index (κ3) is 3.20. The first-order chi connectivity index (χ1) is 8.36. The van der Waals surface area contributed by atoms with Crippen LogP contribution in [0.5, 0.6) is 0 Å². The maximum absolute atomic E-state index is 10.9. The predicted molar refractivity (Wildman–Crippen MR) is 72.1 cm³/mol. The van der Waals surface area contributed by atoms with E-state index >= 15 is 0 Å². The number of methoxy groups -OCH3 is 1. The molecule has 2 atom stereocenters. The van der Waals surface area contributed by atoms with Crippen molar-refractivity contribution in [3.63, 3.8) is 0 Å². The Morgan fingerprint density at radius 2 is 1.89 bits per heavy atom. The minimum absolute atomic E-state index is 0.0322. The van der Waals surface area contributed by atoms with E-state index in [0.29, 0.717) is 5.56 Å². The Bertz CT molecular complexity index is 446. The Hall–Kier alpha value is -1.62. The first kappa shape index (κ1) is 14.4. The molecule has 0 heterocycles. The largest absolute Gasteiger partial charge is 0.380 e. The lowest BCUT2D eigenvalue weighted by Gasteiger charge is -2.22. The normalized spacial score (nSPS) is 14.1. The summed E-state index contributed by atoms with van der Waals surface area (Å²) in [5.74, 6) is 0. The molecule has 0 bridgehead atoms. The summed E-state index contributed by atoms with van der Waals surface area (Å²) in [7, 11) is 1.65. The summed E-state index contributed by atoms with van der Waals surface area (Å²) >= 11 is 0. The highest BCUT2D eigenvalue weighted by atomic mass is 16.6. The fraction of sp³-hybridized carbons (Fsp3) is 0.538. The third-order valence-electron chi connectivity index (χ3n) is 3.20. The van der Waals surface area contributed by atoms with Gasteiger partial charge in [0.15, 0.2) is 0 Å². The van der Waals surface area contributed by atoms with Gasteiger partial charge in [0, 0.05) is 30.5 Å². The summed E-state index contributed by atoms with van der Waals surface area (Å²) in [6.45, 7) is 7.62. The lowest BCUT2D eigenvalue weighted by atomic mass is 10.1. The number of nitrogens with zero attached hydrogens (tertiary/aromatic N) is 1. The Balaban J connectivity index is 3.02. The number of hydrogen-bond acceptors (Lipinski definition) is 4. The molecule has 0 fully saturated rings. The van der Waals surface area contributed by atoms with E-state index in [1.807, 2.05) is 26.8 Å². The van der Waals surface area contributed by atoms with E-state index in [0.717, 1.165) is 11.3 Å². The molecule has 0 aromatic heterocycles. The van der Waals surface area contributed by atoms with Crippen LogP contribution >= 0.6 is 0 Å². The van der Waals surface area contributed by atoms with Crippen molar-refractivity contribution in [3.05, 3.63) is 33.4 Å². The molecule has 2 unspecified atom stereocenters. The number of rotatable bonds is 5. The number of nitro groups is 1. The van der Waals surface area contributed by atoms with Gasteiger partial charge >= 0.3 is 0 Å². The SMILES string of the molecule is COC(C)C(C)Nc1cc([N+](=O)[O-])c(C)cc1C. The first-order valence-corrected chi connectivity index (χ1v) is 5.91. The number of nitro benzene ring substituents is 1. The van der Waals surface area contributed by atoms with Crippen LogP contribution in [-0.4, -0.2) is 24.2 Å². The molecule has 1 aromatic rings. The van der Waals surface area contributed by atoms with Crippen LogP contribution in [0.15, 0.2) is 12.1 Å². The van der Waals surface area contributed by atoms with Crippen LogP contribution in [0.1, 0.15) is 25.0 Å². The van der Waals surface area contributed by atoms with Crippen molar-refractivity contribution in [2.45, 2.75) is 39.8 Å². The van der Waals surface area contributed by atoms with E-state index in [-0.39, 0.29) is 22.8 Å². The number of benzene rings is 1. The Morgan fingerprint density at radius 1 is 1.28 bits per heavy atom. The van der Waals surface area contributed by atoms with Crippen molar-refractivity contribution >= 4 is 11.4 Å². The van der Waals surface area contributed by atoms with Crippen LogP contribution in [0.2, 0.25) is 0 Å². The van der Waals surface area contributed by atoms with E-state index in [1.165, 1.54) is 0 Å². The molecule has 0 aliphatic rings. The van der Waals surface area contributed by atoms with Gasteiger partial charge in [0.1, 0.15) is 0 Å². The smallest absolute Gasteiger partial charge is 0.274 e. The zero-order valence-electron chi connectivity index (χ0n) is 11.5. The molecule has 0 spiro atoms. The highest BCUT2D eigenvalue weighted by Crippen LogP contribution is 2.27. The number of aryl methyl sites for hydroxylation is 2. The maximum atomic E-state index is 10.9. The van der Waals surface area contributed by atoms with Crippen molar-refractivity contribution in [1.29, 1.82) is 0 Å². The zero-order valence-corrected chi connectivity index (χ0v) is 11.5. The second kappa shape index (κ2) is 5.82. The molecule has 0 aliphatic heterocycles. The van der Waals surface area contributed by atoms with Crippen LogP contribution < -0.4 is 5.32 Å². The van der Waals surface area contributed by atoms with Crippen molar-refractivity contribution in [2.24, 2.45) is 0 Å².